The maximum Gasteiger partial charge on any atom is 0.161 e. The topological polar surface area (TPSA) is 79.4 Å². The smallest absolute Gasteiger partial charge is 0.161 e. The number of benzene rings is 3. The molecule has 2 N–H and O–H groups in total. The Bertz CT molecular complexity index is 1600. The van der Waals surface area contributed by atoms with Gasteiger partial charge in [0.15, 0.2) is 5.78 Å². The number of hydrogen-bond donors (Lipinski definition) is 1. The first-order valence-electron chi connectivity index (χ1n) is 12.9. The van der Waals surface area contributed by atoms with E-state index in [-0.39, 0.29) is 5.78 Å². The fourth-order valence-electron chi connectivity index (χ4n) is 5.61. The zero-order chi connectivity index (χ0) is 27.8. The fourth-order valence-corrected chi connectivity index (χ4v) is 5.97. The van der Waals surface area contributed by atoms with E-state index in [1.165, 1.54) is 0 Å². The minimum absolute atomic E-state index is 0.0417. The van der Waals surface area contributed by atoms with Crippen molar-refractivity contribution >= 4 is 34.7 Å². The average Bonchev–Trinajstić information content (AvgIpc) is 2.91. The Morgan fingerprint density at radius 3 is 2.51 bits per heavy atom. The lowest BCUT2D eigenvalue weighted by Gasteiger charge is -2.40. The summed E-state index contributed by atoms with van der Waals surface area (Å²) >= 11 is 12.8. The minimum Gasteiger partial charge on any atom is -0.487 e. The molecule has 0 aromatic heterocycles. The lowest BCUT2D eigenvalue weighted by molar-refractivity contribution is -0.116. The highest BCUT2D eigenvalue weighted by molar-refractivity contribution is 6.32. The van der Waals surface area contributed by atoms with Crippen molar-refractivity contribution in [3.63, 3.8) is 0 Å². The van der Waals surface area contributed by atoms with E-state index in [2.05, 4.69) is 12.1 Å². The Balaban J connectivity index is 1.66. The van der Waals surface area contributed by atoms with E-state index in [0.29, 0.717) is 52.2 Å². The molecule has 0 spiro atoms. The molecule has 198 valence electrons. The highest BCUT2D eigenvalue weighted by Crippen LogP contribution is 2.48. The van der Waals surface area contributed by atoms with Crippen molar-refractivity contribution in [1.29, 1.82) is 5.26 Å². The van der Waals surface area contributed by atoms with Crippen LogP contribution in [0.4, 0.5) is 5.69 Å². The second kappa shape index (κ2) is 10.8. The summed E-state index contributed by atoms with van der Waals surface area (Å²) in [5.74, 6) is 0.406. The third-order valence-electron chi connectivity index (χ3n) is 7.65. The molecule has 1 aliphatic heterocycles. The highest BCUT2D eigenvalue weighted by Gasteiger charge is 2.41. The van der Waals surface area contributed by atoms with E-state index in [0.717, 1.165) is 45.6 Å². The number of nitrogens with zero attached hydrogens (tertiary/aromatic N) is 2. The summed E-state index contributed by atoms with van der Waals surface area (Å²) in [6.45, 7) is 6.25. The predicted octanol–water partition coefficient (Wildman–Crippen LogP) is 7.80. The number of hydrogen-bond acceptors (Lipinski definition) is 5. The van der Waals surface area contributed by atoms with E-state index in [1.807, 2.05) is 68.1 Å². The normalized spacial score (nSPS) is 17.3. The summed E-state index contributed by atoms with van der Waals surface area (Å²) in [5, 5.41) is 11.6. The lowest BCUT2D eigenvalue weighted by Crippen LogP contribution is -2.39. The summed E-state index contributed by atoms with van der Waals surface area (Å²) in [6, 6.07) is 19.4. The second-order valence-electron chi connectivity index (χ2n) is 10.1. The SMILES string of the molecule is Cc1cc(C)c(C2C(C#N)=C(N)N(c3cccc(Cl)c3C)C3=C2C(=O)CCC3)cc1COc1ccccc1Cl. The Morgan fingerprint density at radius 1 is 1.03 bits per heavy atom. The molecule has 0 bridgehead atoms. The van der Waals surface area contributed by atoms with Crippen LogP contribution in [-0.4, -0.2) is 5.78 Å². The van der Waals surface area contributed by atoms with Crippen LogP contribution in [0.15, 0.2) is 77.3 Å². The number of ketones is 1. The van der Waals surface area contributed by atoms with Gasteiger partial charge in [-0.3, -0.25) is 9.69 Å². The molecular weight excluding hydrogens is 529 g/mol. The van der Waals surface area contributed by atoms with Crippen molar-refractivity contribution in [2.75, 3.05) is 4.90 Å². The molecule has 1 aliphatic carbocycles. The first-order chi connectivity index (χ1) is 18.7. The van der Waals surface area contributed by atoms with Gasteiger partial charge < -0.3 is 10.5 Å². The number of nitriles is 1. The van der Waals surface area contributed by atoms with Crippen LogP contribution in [0.5, 0.6) is 5.75 Å². The molecular formula is C32H29Cl2N3O2. The van der Waals surface area contributed by atoms with Crippen LogP contribution in [0.2, 0.25) is 10.0 Å². The van der Waals surface area contributed by atoms with E-state index in [4.69, 9.17) is 33.7 Å². The Kier molecular flexibility index (Phi) is 7.44. The van der Waals surface area contributed by atoms with Gasteiger partial charge in [-0.1, -0.05) is 53.5 Å². The van der Waals surface area contributed by atoms with Gasteiger partial charge >= 0.3 is 0 Å². The van der Waals surface area contributed by atoms with Gasteiger partial charge in [0.1, 0.15) is 18.2 Å². The third-order valence-corrected chi connectivity index (χ3v) is 8.37. The van der Waals surface area contributed by atoms with Crippen molar-refractivity contribution in [3.05, 3.63) is 115 Å². The summed E-state index contributed by atoms with van der Waals surface area (Å²) in [4.78, 5) is 15.5. The molecule has 7 heteroatoms. The molecule has 3 aromatic rings. The quantitative estimate of drug-likeness (QED) is 0.346. The molecule has 5 rings (SSSR count). The third kappa shape index (κ3) is 4.80. The zero-order valence-corrected chi connectivity index (χ0v) is 23.7. The molecule has 5 nitrogen and oxygen atoms in total. The number of Topliss-reactive ketones (excluding diaryl/α,β-unsaturated/α-hetero) is 1. The number of nitrogens with two attached hydrogens (primary N) is 1. The average molecular weight is 559 g/mol. The van der Waals surface area contributed by atoms with Crippen LogP contribution in [0.25, 0.3) is 0 Å². The molecule has 0 saturated carbocycles. The summed E-state index contributed by atoms with van der Waals surface area (Å²) in [5.41, 5.74) is 14.1. The molecule has 1 atom stereocenters. The van der Waals surface area contributed by atoms with Gasteiger partial charge in [-0.25, -0.2) is 0 Å². The summed E-state index contributed by atoms with van der Waals surface area (Å²) in [7, 11) is 0. The Hall–Kier alpha value is -3.72. The monoisotopic (exact) mass is 557 g/mol. The van der Waals surface area contributed by atoms with Gasteiger partial charge in [0, 0.05) is 22.7 Å². The maximum atomic E-state index is 13.6. The fraction of sp³-hybridized carbons (Fsp3) is 0.250. The Morgan fingerprint density at radius 2 is 1.77 bits per heavy atom. The molecule has 39 heavy (non-hydrogen) atoms. The van der Waals surface area contributed by atoms with Gasteiger partial charge in [0.05, 0.1) is 28.3 Å². The van der Waals surface area contributed by atoms with Crippen molar-refractivity contribution in [1.82, 2.24) is 0 Å². The zero-order valence-electron chi connectivity index (χ0n) is 22.1. The van der Waals surface area contributed by atoms with Crippen molar-refractivity contribution < 1.29 is 9.53 Å². The van der Waals surface area contributed by atoms with Crippen LogP contribution >= 0.6 is 23.2 Å². The molecule has 3 aromatic carbocycles. The standard InChI is InChI=1S/C32H29Cl2N3O2/c1-18-14-19(2)22(15-21(18)17-39-29-13-5-4-8-25(29)34)30-23(16-35)32(36)37(26-10-6-9-24(33)20(26)3)27-11-7-12-28(38)31(27)30/h4-6,8-10,13-15,30H,7,11-12,17,36H2,1-3H3. The van der Waals surface area contributed by atoms with E-state index < -0.39 is 5.92 Å². The van der Waals surface area contributed by atoms with Crippen LogP contribution in [-0.2, 0) is 11.4 Å². The number of carbonyl (C=O) groups excluding carboxylic acids is 1. The van der Waals surface area contributed by atoms with Crippen LogP contribution < -0.4 is 15.4 Å². The minimum atomic E-state index is -0.562. The Labute approximate surface area is 239 Å². The van der Waals surface area contributed by atoms with Gasteiger partial charge in [0.2, 0.25) is 0 Å². The van der Waals surface area contributed by atoms with Gasteiger partial charge in [-0.2, -0.15) is 5.26 Å². The van der Waals surface area contributed by atoms with E-state index >= 15 is 0 Å². The number of para-hydroxylation sites is 1. The van der Waals surface area contributed by atoms with Crippen molar-refractivity contribution in [3.8, 4) is 11.8 Å². The number of ether oxygens (including phenoxy) is 1. The van der Waals surface area contributed by atoms with Crippen molar-refractivity contribution in [2.24, 2.45) is 5.73 Å². The maximum absolute atomic E-state index is 13.6. The van der Waals surface area contributed by atoms with E-state index in [9.17, 15) is 10.1 Å². The number of allylic oxidation sites excluding steroid dienone is 3. The summed E-state index contributed by atoms with van der Waals surface area (Å²) in [6.07, 6.45) is 1.83. The van der Waals surface area contributed by atoms with Gasteiger partial charge in [0.25, 0.3) is 0 Å². The summed E-state index contributed by atoms with van der Waals surface area (Å²) < 4.78 is 6.05. The number of rotatable bonds is 5. The molecule has 1 heterocycles. The molecule has 2 aliphatic rings. The van der Waals surface area contributed by atoms with Crippen molar-refractivity contribution in [2.45, 2.75) is 52.6 Å². The predicted molar refractivity (Wildman–Crippen MR) is 156 cm³/mol. The van der Waals surface area contributed by atoms with Crippen LogP contribution in [0.1, 0.15) is 53.0 Å². The number of carbonyl (C=O) groups is 1. The highest BCUT2D eigenvalue weighted by atomic mass is 35.5. The molecule has 0 radical (unpaired) electrons. The number of halogens is 2. The first kappa shape index (κ1) is 26.9. The van der Waals surface area contributed by atoms with Gasteiger partial charge in [-0.15, -0.1) is 0 Å². The first-order valence-corrected chi connectivity index (χ1v) is 13.7. The lowest BCUT2D eigenvalue weighted by atomic mass is 9.74. The van der Waals surface area contributed by atoms with Crippen LogP contribution in [0, 0.1) is 32.1 Å². The second-order valence-corrected chi connectivity index (χ2v) is 10.9. The molecule has 1 unspecified atom stereocenters. The molecule has 0 amide bonds. The van der Waals surface area contributed by atoms with Gasteiger partial charge in [-0.05, 0) is 85.7 Å². The largest absolute Gasteiger partial charge is 0.487 e. The number of aryl methyl sites for hydroxylation is 2. The van der Waals surface area contributed by atoms with E-state index in [1.54, 1.807) is 6.07 Å². The molecule has 0 saturated heterocycles. The molecule has 0 fully saturated rings. The number of anilines is 1. The van der Waals surface area contributed by atoms with Crippen LogP contribution in [0.3, 0.4) is 0 Å².